The number of ether oxygens (including phenoxy) is 1. The lowest BCUT2D eigenvalue weighted by molar-refractivity contribution is 0.0968. The van der Waals surface area contributed by atoms with Crippen LogP contribution in [0.5, 0.6) is 0 Å². The molecule has 2 nitrogen and oxygen atoms in total. The standard InChI is InChI=1S/C11H21NO/c1-7-8(4-5-13-7)10-9(6-12)11(10,2)3/h7-10H,4-6,12H2,1-3H3. The maximum Gasteiger partial charge on any atom is 0.0578 e. The van der Waals surface area contributed by atoms with Crippen molar-refractivity contribution >= 4 is 0 Å². The Balaban J connectivity index is 2.03. The van der Waals surface area contributed by atoms with Crippen molar-refractivity contribution in [3.05, 3.63) is 0 Å². The van der Waals surface area contributed by atoms with Gasteiger partial charge in [-0.2, -0.15) is 0 Å². The van der Waals surface area contributed by atoms with Gasteiger partial charge in [-0.05, 0) is 43.1 Å². The van der Waals surface area contributed by atoms with E-state index >= 15 is 0 Å². The van der Waals surface area contributed by atoms with E-state index in [2.05, 4.69) is 20.8 Å². The molecular formula is C11H21NO. The first-order valence-corrected chi connectivity index (χ1v) is 5.40. The van der Waals surface area contributed by atoms with E-state index < -0.39 is 0 Å². The van der Waals surface area contributed by atoms with Crippen molar-refractivity contribution in [1.82, 2.24) is 0 Å². The molecule has 76 valence electrons. The molecule has 1 aliphatic carbocycles. The molecule has 1 saturated heterocycles. The van der Waals surface area contributed by atoms with Gasteiger partial charge in [-0.15, -0.1) is 0 Å². The van der Waals surface area contributed by atoms with Crippen LogP contribution in [-0.2, 0) is 4.74 Å². The van der Waals surface area contributed by atoms with Crippen molar-refractivity contribution in [2.45, 2.75) is 33.3 Å². The zero-order chi connectivity index (χ0) is 9.64. The Morgan fingerprint density at radius 2 is 2.15 bits per heavy atom. The summed E-state index contributed by atoms with van der Waals surface area (Å²) in [6, 6.07) is 0. The Kier molecular flexibility index (Phi) is 2.16. The zero-order valence-corrected chi connectivity index (χ0v) is 8.92. The van der Waals surface area contributed by atoms with E-state index in [1.807, 2.05) is 0 Å². The van der Waals surface area contributed by atoms with E-state index in [1.165, 1.54) is 6.42 Å². The van der Waals surface area contributed by atoms with E-state index in [1.54, 1.807) is 0 Å². The van der Waals surface area contributed by atoms with Gasteiger partial charge >= 0.3 is 0 Å². The smallest absolute Gasteiger partial charge is 0.0578 e. The first-order chi connectivity index (χ1) is 6.09. The van der Waals surface area contributed by atoms with Gasteiger partial charge in [0.15, 0.2) is 0 Å². The Morgan fingerprint density at radius 1 is 1.46 bits per heavy atom. The Bertz CT molecular complexity index is 202. The number of hydrogen-bond acceptors (Lipinski definition) is 2. The molecule has 13 heavy (non-hydrogen) atoms. The zero-order valence-electron chi connectivity index (χ0n) is 8.92. The molecule has 1 heterocycles. The van der Waals surface area contributed by atoms with Gasteiger partial charge in [0, 0.05) is 6.61 Å². The van der Waals surface area contributed by atoms with Crippen LogP contribution >= 0.6 is 0 Å². The van der Waals surface area contributed by atoms with Crippen LogP contribution in [0.3, 0.4) is 0 Å². The lowest BCUT2D eigenvalue weighted by Gasteiger charge is -2.15. The summed E-state index contributed by atoms with van der Waals surface area (Å²) in [4.78, 5) is 0. The van der Waals surface area contributed by atoms with Crippen LogP contribution in [-0.4, -0.2) is 19.3 Å². The maximum absolute atomic E-state index is 5.77. The molecule has 0 aromatic carbocycles. The third-order valence-corrected chi connectivity index (χ3v) is 4.29. The minimum atomic E-state index is 0.459. The third kappa shape index (κ3) is 1.31. The lowest BCUT2D eigenvalue weighted by Crippen LogP contribution is -2.16. The molecule has 0 spiro atoms. The van der Waals surface area contributed by atoms with Crippen LogP contribution in [0.2, 0.25) is 0 Å². The highest BCUT2D eigenvalue weighted by molar-refractivity contribution is 5.09. The van der Waals surface area contributed by atoms with Crippen molar-refractivity contribution in [3.8, 4) is 0 Å². The summed E-state index contributed by atoms with van der Waals surface area (Å²) in [5.41, 5.74) is 6.25. The molecule has 2 rings (SSSR count). The highest BCUT2D eigenvalue weighted by Gasteiger charge is 2.61. The molecule has 1 saturated carbocycles. The summed E-state index contributed by atoms with van der Waals surface area (Å²) in [5, 5.41) is 0. The molecular weight excluding hydrogens is 162 g/mol. The molecule has 2 fully saturated rings. The first-order valence-electron chi connectivity index (χ1n) is 5.40. The predicted octanol–water partition coefficient (Wildman–Crippen LogP) is 1.64. The Labute approximate surface area is 80.8 Å². The maximum atomic E-state index is 5.77. The molecule has 2 aliphatic rings. The van der Waals surface area contributed by atoms with E-state index in [-0.39, 0.29) is 0 Å². The van der Waals surface area contributed by atoms with Crippen molar-refractivity contribution in [1.29, 1.82) is 0 Å². The molecule has 0 aromatic rings. The van der Waals surface area contributed by atoms with Gasteiger partial charge in [0.2, 0.25) is 0 Å². The fraction of sp³-hybridized carbons (Fsp3) is 1.00. The molecule has 0 amide bonds. The summed E-state index contributed by atoms with van der Waals surface area (Å²) in [7, 11) is 0. The van der Waals surface area contributed by atoms with E-state index in [0.717, 1.165) is 30.9 Å². The molecule has 1 aliphatic heterocycles. The molecule has 2 heteroatoms. The van der Waals surface area contributed by atoms with Gasteiger partial charge in [0.25, 0.3) is 0 Å². The second-order valence-electron chi connectivity index (χ2n) is 5.22. The van der Waals surface area contributed by atoms with Gasteiger partial charge in [-0.3, -0.25) is 0 Å². The minimum absolute atomic E-state index is 0.459. The quantitative estimate of drug-likeness (QED) is 0.706. The summed E-state index contributed by atoms with van der Waals surface area (Å²) in [5.74, 6) is 2.32. The summed E-state index contributed by atoms with van der Waals surface area (Å²) < 4.78 is 5.61. The van der Waals surface area contributed by atoms with Crippen LogP contribution < -0.4 is 5.73 Å². The van der Waals surface area contributed by atoms with E-state index in [0.29, 0.717) is 11.5 Å². The minimum Gasteiger partial charge on any atom is -0.378 e. The van der Waals surface area contributed by atoms with Crippen LogP contribution in [0.4, 0.5) is 0 Å². The van der Waals surface area contributed by atoms with Gasteiger partial charge in [-0.25, -0.2) is 0 Å². The van der Waals surface area contributed by atoms with Crippen LogP contribution in [0.25, 0.3) is 0 Å². The number of rotatable bonds is 2. The monoisotopic (exact) mass is 183 g/mol. The van der Waals surface area contributed by atoms with Crippen LogP contribution in [0.1, 0.15) is 27.2 Å². The fourth-order valence-corrected chi connectivity index (χ4v) is 3.31. The Morgan fingerprint density at radius 3 is 2.54 bits per heavy atom. The first kappa shape index (κ1) is 9.47. The van der Waals surface area contributed by atoms with Gasteiger partial charge < -0.3 is 10.5 Å². The molecule has 2 N–H and O–H groups in total. The average molecular weight is 183 g/mol. The molecule has 0 bridgehead atoms. The average Bonchev–Trinajstić information content (AvgIpc) is 2.41. The van der Waals surface area contributed by atoms with Crippen molar-refractivity contribution in [2.75, 3.05) is 13.2 Å². The van der Waals surface area contributed by atoms with Crippen LogP contribution in [0, 0.1) is 23.2 Å². The molecule has 0 radical (unpaired) electrons. The van der Waals surface area contributed by atoms with Gasteiger partial charge in [0.1, 0.15) is 0 Å². The largest absolute Gasteiger partial charge is 0.378 e. The normalized spacial score (nSPS) is 48.0. The lowest BCUT2D eigenvalue weighted by atomic mass is 9.92. The molecule has 4 atom stereocenters. The second kappa shape index (κ2) is 2.96. The number of hydrogen-bond donors (Lipinski definition) is 1. The highest BCUT2D eigenvalue weighted by Crippen LogP contribution is 2.63. The highest BCUT2D eigenvalue weighted by atomic mass is 16.5. The molecule has 0 aromatic heterocycles. The third-order valence-electron chi connectivity index (χ3n) is 4.29. The van der Waals surface area contributed by atoms with E-state index in [9.17, 15) is 0 Å². The van der Waals surface area contributed by atoms with Crippen LogP contribution in [0.15, 0.2) is 0 Å². The number of nitrogens with two attached hydrogens (primary N) is 1. The Hall–Kier alpha value is -0.0800. The SMILES string of the molecule is CC1OCCC1C1C(CN)C1(C)C. The predicted molar refractivity (Wildman–Crippen MR) is 53.3 cm³/mol. The van der Waals surface area contributed by atoms with Gasteiger partial charge in [-0.1, -0.05) is 13.8 Å². The van der Waals surface area contributed by atoms with Crippen molar-refractivity contribution in [2.24, 2.45) is 28.9 Å². The summed E-state index contributed by atoms with van der Waals surface area (Å²) >= 11 is 0. The topological polar surface area (TPSA) is 35.2 Å². The second-order valence-corrected chi connectivity index (χ2v) is 5.22. The van der Waals surface area contributed by atoms with Crippen molar-refractivity contribution < 1.29 is 4.74 Å². The summed E-state index contributed by atoms with van der Waals surface area (Å²) in [6.07, 6.45) is 1.70. The van der Waals surface area contributed by atoms with Crippen molar-refractivity contribution in [3.63, 3.8) is 0 Å². The molecule has 4 unspecified atom stereocenters. The summed E-state index contributed by atoms with van der Waals surface area (Å²) in [6.45, 7) is 8.71. The van der Waals surface area contributed by atoms with Gasteiger partial charge in [0.05, 0.1) is 6.10 Å². The van der Waals surface area contributed by atoms with E-state index in [4.69, 9.17) is 10.5 Å². The fourth-order valence-electron chi connectivity index (χ4n) is 3.31.